The van der Waals surface area contributed by atoms with Gasteiger partial charge in [-0.05, 0) is 12.1 Å². The molecule has 0 fully saturated rings. The topological polar surface area (TPSA) is 91.1 Å². The lowest BCUT2D eigenvalue weighted by Crippen LogP contribution is -2.43. The maximum Gasteiger partial charge on any atom is 0.239 e. The van der Waals surface area contributed by atoms with Crippen LogP contribution in [0.25, 0.3) is 0 Å². The monoisotopic (exact) mass is 197 g/mol. The maximum absolute atomic E-state index is 11.1. The summed E-state index contributed by atoms with van der Waals surface area (Å²) in [5, 5.41) is 11.2. The highest BCUT2D eigenvalue weighted by molar-refractivity contribution is 5.81. The van der Waals surface area contributed by atoms with Crippen LogP contribution in [0.4, 0.5) is 0 Å². The molecule has 0 saturated heterocycles. The van der Waals surface area contributed by atoms with Crippen LogP contribution < -0.4 is 11.1 Å². The number of carbonyl (C=O) groups excluding carboxylic acids is 1. The Hall–Kier alpha value is -1.33. The molecule has 1 unspecified atom stereocenters. The van der Waals surface area contributed by atoms with Gasteiger partial charge in [0.1, 0.15) is 6.04 Å². The predicted molar refractivity (Wildman–Crippen MR) is 52.6 cm³/mol. The first-order valence-corrected chi connectivity index (χ1v) is 4.50. The molecule has 0 aliphatic heterocycles. The number of aromatic amines is 1. The fourth-order valence-corrected chi connectivity index (χ4v) is 1.06. The number of nitrogens with one attached hydrogen (secondary N) is 2. The van der Waals surface area contributed by atoms with Gasteiger partial charge in [0.2, 0.25) is 5.91 Å². The van der Waals surface area contributed by atoms with E-state index in [1.54, 1.807) is 0 Å². The Labute approximate surface area is 82.3 Å². The Morgan fingerprint density at radius 2 is 2.50 bits per heavy atom. The number of aliphatic hydroxyl groups is 1. The number of rotatable bonds is 5. The van der Waals surface area contributed by atoms with Crippen LogP contribution >= 0.6 is 0 Å². The zero-order valence-corrected chi connectivity index (χ0v) is 7.86. The van der Waals surface area contributed by atoms with Crippen molar-refractivity contribution in [2.75, 3.05) is 13.2 Å². The third-order valence-corrected chi connectivity index (χ3v) is 1.89. The Balaban J connectivity index is 2.18. The molecular formula is C9H15N3O2. The molecule has 1 amide bonds. The Morgan fingerprint density at radius 1 is 1.71 bits per heavy atom. The number of aromatic nitrogens is 1. The van der Waals surface area contributed by atoms with E-state index in [9.17, 15) is 4.79 Å². The molecule has 1 atom stereocenters. The van der Waals surface area contributed by atoms with Crippen molar-refractivity contribution in [3.8, 4) is 0 Å². The van der Waals surface area contributed by atoms with Gasteiger partial charge in [-0.1, -0.05) is 0 Å². The molecule has 5 N–H and O–H groups in total. The van der Waals surface area contributed by atoms with E-state index < -0.39 is 6.04 Å². The second-order valence-electron chi connectivity index (χ2n) is 3.03. The number of hydrogen-bond donors (Lipinski definition) is 4. The minimum Gasteiger partial charge on any atom is -0.394 e. The van der Waals surface area contributed by atoms with Crippen molar-refractivity contribution in [2.45, 2.75) is 12.5 Å². The van der Waals surface area contributed by atoms with Crippen LogP contribution in [0.15, 0.2) is 18.3 Å². The average Bonchev–Trinajstić information content (AvgIpc) is 2.69. The highest BCUT2D eigenvalue weighted by atomic mass is 16.3. The first kappa shape index (κ1) is 10.7. The number of amides is 1. The van der Waals surface area contributed by atoms with E-state index in [1.807, 2.05) is 18.3 Å². The summed E-state index contributed by atoms with van der Waals surface area (Å²) >= 11 is 0. The van der Waals surface area contributed by atoms with Gasteiger partial charge in [-0.25, -0.2) is 0 Å². The summed E-state index contributed by atoms with van der Waals surface area (Å²) in [5.41, 5.74) is 6.36. The van der Waals surface area contributed by atoms with Gasteiger partial charge in [-0.3, -0.25) is 4.79 Å². The number of aliphatic hydroxyl groups excluding tert-OH is 1. The van der Waals surface area contributed by atoms with Crippen molar-refractivity contribution in [1.82, 2.24) is 10.3 Å². The van der Waals surface area contributed by atoms with Gasteiger partial charge in [0, 0.05) is 24.9 Å². The van der Waals surface area contributed by atoms with Gasteiger partial charge in [0.15, 0.2) is 0 Å². The lowest BCUT2D eigenvalue weighted by Gasteiger charge is -2.08. The molecule has 0 bridgehead atoms. The first-order valence-electron chi connectivity index (χ1n) is 4.50. The van der Waals surface area contributed by atoms with E-state index in [1.165, 1.54) is 0 Å². The molecule has 0 radical (unpaired) electrons. The fraction of sp³-hybridized carbons (Fsp3) is 0.444. The van der Waals surface area contributed by atoms with Gasteiger partial charge >= 0.3 is 0 Å². The van der Waals surface area contributed by atoms with Crippen molar-refractivity contribution in [3.05, 3.63) is 24.0 Å². The second-order valence-corrected chi connectivity index (χ2v) is 3.03. The van der Waals surface area contributed by atoms with Crippen molar-refractivity contribution in [2.24, 2.45) is 5.73 Å². The van der Waals surface area contributed by atoms with Crippen molar-refractivity contribution in [3.63, 3.8) is 0 Å². The Morgan fingerprint density at radius 3 is 3.07 bits per heavy atom. The molecule has 5 heteroatoms. The standard InChI is InChI=1S/C9H15N3O2/c10-8(6-13)9(14)12-5-3-7-2-1-4-11-7/h1-2,4,8,11,13H,3,5-6,10H2,(H,12,14). The number of carbonyl (C=O) groups is 1. The van der Waals surface area contributed by atoms with Crippen molar-refractivity contribution in [1.29, 1.82) is 0 Å². The summed E-state index contributed by atoms with van der Waals surface area (Å²) in [6.45, 7) is 0.196. The SMILES string of the molecule is NC(CO)C(=O)NCCc1ccc[nH]1. The predicted octanol–water partition coefficient (Wildman–Crippen LogP) is -1.01. The summed E-state index contributed by atoms with van der Waals surface area (Å²) in [7, 11) is 0. The molecule has 1 aromatic rings. The van der Waals surface area contributed by atoms with Crippen LogP contribution in [0.5, 0.6) is 0 Å². The fourth-order valence-electron chi connectivity index (χ4n) is 1.06. The molecule has 0 aliphatic rings. The van der Waals surface area contributed by atoms with E-state index in [0.717, 1.165) is 12.1 Å². The molecule has 0 saturated carbocycles. The van der Waals surface area contributed by atoms with Gasteiger partial charge in [0.05, 0.1) is 6.61 Å². The van der Waals surface area contributed by atoms with E-state index in [2.05, 4.69) is 10.3 Å². The van der Waals surface area contributed by atoms with Crippen LogP contribution in [0.2, 0.25) is 0 Å². The van der Waals surface area contributed by atoms with Crippen LogP contribution in [-0.4, -0.2) is 35.2 Å². The maximum atomic E-state index is 11.1. The van der Waals surface area contributed by atoms with E-state index >= 15 is 0 Å². The molecule has 1 rings (SSSR count). The van der Waals surface area contributed by atoms with Gasteiger partial charge in [0.25, 0.3) is 0 Å². The number of H-pyrrole nitrogens is 1. The number of hydrogen-bond acceptors (Lipinski definition) is 3. The van der Waals surface area contributed by atoms with E-state index in [0.29, 0.717) is 6.54 Å². The van der Waals surface area contributed by atoms with Gasteiger partial charge in [-0.2, -0.15) is 0 Å². The van der Waals surface area contributed by atoms with Crippen molar-refractivity contribution < 1.29 is 9.90 Å². The summed E-state index contributed by atoms with van der Waals surface area (Å²) < 4.78 is 0. The smallest absolute Gasteiger partial charge is 0.239 e. The molecule has 1 heterocycles. The Kier molecular flexibility index (Phi) is 4.15. The molecular weight excluding hydrogens is 182 g/mol. The minimum absolute atomic E-state index is 0.320. The summed E-state index contributed by atoms with van der Waals surface area (Å²) in [6.07, 6.45) is 2.56. The molecule has 0 aromatic carbocycles. The summed E-state index contributed by atoms with van der Waals surface area (Å²) in [4.78, 5) is 14.1. The lowest BCUT2D eigenvalue weighted by atomic mass is 10.3. The molecule has 5 nitrogen and oxygen atoms in total. The molecule has 1 aromatic heterocycles. The van der Waals surface area contributed by atoms with Crippen molar-refractivity contribution >= 4 is 5.91 Å². The molecule has 78 valence electrons. The molecule has 0 aliphatic carbocycles. The quantitative estimate of drug-likeness (QED) is 0.487. The molecule has 14 heavy (non-hydrogen) atoms. The first-order chi connectivity index (χ1) is 6.74. The largest absolute Gasteiger partial charge is 0.394 e. The van der Waals surface area contributed by atoms with Crippen LogP contribution in [0.3, 0.4) is 0 Å². The minimum atomic E-state index is -0.821. The van der Waals surface area contributed by atoms with Gasteiger partial charge < -0.3 is 21.1 Å². The van der Waals surface area contributed by atoms with E-state index in [4.69, 9.17) is 10.8 Å². The van der Waals surface area contributed by atoms with E-state index in [-0.39, 0.29) is 12.5 Å². The van der Waals surface area contributed by atoms with Crippen LogP contribution in [0.1, 0.15) is 5.69 Å². The summed E-state index contributed by atoms with van der Waals surface area (Å²) in [5.74, 6) is -0.320. The number of nitrogens with two attached hydrogens (primary N) is 1. The van der Waals surface area contributed by atoms with Crippen LogP contribution in [-0.2, 0) is 11.2 Å². The second kappa shape index (κ2) is 5.41. The zero-order valence-electron chi connectivity index (χ0n) is 7.86. The van der Waals surface area contributed by atoms with Crippen LogP contribution in [0, 0.1) is 0 Å². The zero-order chi connectivity index (χ0) is 10.4. The molecule has 0 spiro atoms. The van der Waals surface area contributed by atoms with Gasteiger partial charge in [-0.15, -0.1) is 0 Å². The lowest BCUT2D eigenvalue weighted by molar-refractivity contribution is -0.123. The highest BCUT2D eigenvalue weighted by Gasteiger charge is 2.10. The third-order valence-electron chi connectivity index (χ3n) is 1.89. The third kappa shape index (κ3) is 3.20. The highest BCUT2D eigenvalue weighted by Crippen LogP contribution is 1.93. The Bertz CT molecular complexity index is 272. The normalized spacial score (nSPS) is 12.4. The average molecular weight is 197 g/mol. The summed E-state index contributed by atoms with van der Waals surface area (Å²) in [6, 6.07) is 3.02.